The van der Waals surface area contributed by atoms with Crippen LogP contribution in [0.5, 0.6) is 5.75 Å². The van der Waals surface area contributed by atoms with Gasteiger partial charge in [-0.3, -0.25) is 9.79 Å². The lowest BCUT2D eigenvalue weighted by Crippen LogP contribution is -2.45. The monoisotopic (exact) mass is 374 g/mol. The quantitative estimate of drug-likeness (QED) is 0.417. The second kappa shape index (κ2) is 10.8. The molecule has 0 aliphatic carbocycles. The molecule has 2 N–H and O–H groups in total. The number of nitrogens with one attached hydrogen (secondary N) is 2. The van der Waals surface area contributed by atoms with E-state index < -0.39 is 0 Å². The Labute approximate surface area is 163 Å². The van der Waals surface area contributed by atoms with Gasteiger partial charge in [0.15, 0.2) is 5.96 Å². The maximum Gasteiger partial charge on any atom is 0.225 e. The molecule has 0 bridgehead atoms. The van der Waals surface area contributed by atoms with Crippen LogP contribution in [0.2, 0.25) is 0 Å². The minimum absolute atomic E-state index is 0.0491. The molecule has 1 aromatic rings. The van der Waals surface area contributed by atoms with E-state index in [0.717, 1.165) is 56.2 Å². The van der Waals surface area contributed by atoms with Gasteiger partial charge in [-0.15, -0.1) is 0 Å². The molecule has 1 atom stereocenters. The molecule has 1 fully saturated rings. The highest BCUT2D eigenvalue weighted by atomic mass is 16.5. The van der Waals surface area contributed by atoms with Crippen molar-refractivity contribution >= 4 is 11.9 Å². The van der Waals surface area contributed by atoms with Crippen molar-refractivity contribution in [2.75, 3.05) is 26.7 Å². The Morgan fingerprint density at radius 1 is 1.41 bits per heavy atom. The van der Waals surface area contributed by atoms with Crippen LogP contribution in [0.4, 0.5) is 0 Å². The third-order valence-electron chi connectivity index (χ3n) is 4.68. The molecule has 6 nitrogen and oxygen atoms in total. The molecule has 0 aromatic heterocycles. The van der Waals surface area contributed by atoms with Gasteiger partial charge in [0.25, 0.3) is 0 Å². The van der Waals surface area contributed by atoms with Crippen molar-refractivity contribution < 1.29 is 9.53 Å². The molecule has 27 heavy (non-hydrogen) atoms. The van der Waals surface area contributed by atoms with E-state index in [9.17, 15) is 4.79 Å². The lowest BCUT2D eigenvalue weighted by molar-refractivity contribution is -0.133. The van der Waals surface area contributed by atoms with Crippen LogP contribution in [0.3, 0.4) is 0 Å². The van der Waals surface area contributed by atoms with Gasteiger partial charge in [-0.25, -0.2) is 0 Å². The van der Waals surface area contributed by atoms with Crippen molar-refractivity contribution in [2.24, 2.45) is 10.9 Å². The first-order valence-corrected chi connectivity index (χ1v) is 10.0. The van der Waals surface area contributed by atoms with Gasteiger partial charge < -0.3 is 20.3 Å². The summed E-state index contributed by atoms with van der Waals surface area (Å²) in [6.07, 6.45) is 3.14. The van der Waals surface area contributed by atoms with Crippen LogP contribution in [-0.2, 0) is 11.3 Å². The van der Waals surface area contributed by atoms with E-state index in [1.807, 2.05) is 30.9 Å². The van der Waals surface area contributed by atoms with E-state index in [1.54, 1.807) is 7.05 Å². The van der Waals surface area contributed by atoms with Gasteiger partial charge >= 0.3 is 0 Å². The topological polar surface area (TPSA) is 66.0 Å². The smallest absolute Gasteiger partial charge is 0.225 e. The Morgan fingerprint density at radius 2 is 2.22 bits per heavy atom. The Balaban J connectivity index is 1.81. The Hall–Kier alpha value is -2.24. The molecule has 1 saturated heterocycles. The van der Waals surface area contributed by atoms with Crippen LogP contribution in [0, 0.1) is 5.92 Å². The van der Waals surface area contributed by atoms with Crippen LogP contribution >= 0.6 is 0 Å². The zero-order valence-corrected chi connectivity index (χ0v) is 17.1. The number of carbonyl (C=O) groups excluding carboxylic acids is 1. The highest BCUT2D eigenvalue weighted by Gasteiger charge is 2.27. The number of hydrogen-bond donors (Lipinski definition) is 2. The number of carbonyl (C=O) groups is 1. The molecule has 1 aliphatic heterocycles. The van der Waals surface area contributed by atoms with Gasteiger partial charge in [0.1, 0.15) is 5.75 Å². The average molecular weight is 375 g/mol. The van der Waals surface area contributed by atoms with Crippen molar-refractivity contribution in [1.29, 1.82) is 0 Å². The van der Waals surface area contributed by atoms with Gasteiger partial charge in [-0.1, -0.05) is 39.3 Å². The average Bonchev–Trinajstić information content (AvgIpc) is 3.13. The molecule has 150 valence electrons. The molecule has 1 aromatic carbocycles. The second-order valence-corrected chi connectivity index (χ2v) is 7.34. The molecule has 6 heteroatoms. The predicted octanol–water partition coefficient (Wildman–Crippen LogP) is 2.79. The van der Waals surface area contributed by atoms with E-state index in [2.05, 4.69) is 34.7 Å². The van der Waals surface area contributed by atoms with Crippen molar-refractivity contribution in [3.05, 3.63) is 29.8 Å². The number of amides is 1. The molecular weight excluding hydrogens is 340 g/mol. The molecule has 0 spiro atoms. The van der Waals surface area contributed by atoms with Gasteiger partial charge in [-0.2, -0.15) is 0 Å². The summed E-state index contributed by atoms with van der Waals surface area (Å²) in [4.78, 5) is 18.4. The summed E-state index contributed by atoms with van der Waals surface area (Å²) in [6, 6.07) is 8.38. The zero-order chi connectivity index (χ0) is 19.6. The zero-order valence-electron chi connectivity index (χ0n) is 17.1. The Morgan fingerprint density at radius 3 is 2.93 bits per heavy atom. The standard InChI is InChI=1S/C21H34N4O2/c1-5-6-12-27-19-9-7-8-17(13-19)14-23-21(22-4)24-18-10-11-25(15-18)20(26)16(2)3/h7-9,13,16,18H,5-6,10-12,14-15H2,1-4H3,(H2,22,23,24). The van der Waals surface area contributed by atoms with Crippen molar-refractivity contribution in [3.8, 4) is 5.75 Å². The molecule has 0 saturated carbocycles. The largest absolute Gasteiger partial charge is 0.494 e. The van der Waals surface area contributed by atoms with E-state index >= 15 is 0 Å². The number of unbranched alkanes of at least 4 members (excludes halogenated alkanes) is 1. The first kappa shape index (κ1) is 21.1. The number of aliphatic imine (C=N–C) groups is 1. The number of rotatable bonds is 8. The van der Waals surface area contributed by atoms with Crippen LogP contribution in [-0.4, -0.2) is 49.6 Å². The minimum atomic E-state index is 0.0491. The van der Waals surface area contributed by atoms with Crippen molar-refractivity contribution in [2.45, 2.75) is 52.6 Å². The third kappa shape index (κ3) is 6.77. The summed E-state index contributed by atoms with van der Waals surface area (Å²) in [5.74, 6) is 1.94. The van der Waals surface area contributed by atoms with Gasteiger partial charge in [0, 0.05) is 38.6 Å². The van der Waals surface area contributed by atoms with Gasteiger partial charge in [0.05, 0.1) is 6.61 Å². The molecule has 2 rings (SSSR count). The summed E-state index contributed by atoms with van der Waals surface area (Å²) in [6.45, 7) is 9.02. The lowest BCUT2D eigenvalue weighted by Gasteiger charge is -2.20. The minimum Gasteiger partial charge on any atom is -0.494 e. The number of guanidine groups is 1. The fraction of sp³-hybridized carbons (Fsp3) is 0.619. The fourth-order valence-electron chi connectivity index (χ4n) is 3.10. The first-order valence-electron chi connectivity index (χ1n) is 10.0. The van der Waals surface area contributed by atoms with Gasteiger partial charge in [0.2, 0.25) is 5.91 Å². The van der Waals surface area contributed by atoms with Gasteiger partial charge in [-0.05, 0) is 30.5 Å². The maximum absolute atomic E-state index is 12.1. The molecule has 1 heterocycles. The number of likely N-dealkylation sites (tertiary alicyclic amines) is 1. The fourth-order valence-corrected chi connectivity index (χ4v) is 3.10. The number of nitrogens with zero attached hydrogens (tertiary/aromatic N) is 2. The van der Waals surface area contributed by atoms with E-state index in [1.165, 1.54) is 0 Å². The van der Waals surface area contributed by atoms with E-state index in [4.69, 9.17) is 4.74 Å². The highest BCUT2D eigenvalue weighted by molar-refractivity contribution is 5.81. The van der Waals surface area contributed by atoms with Crippen LogP contribution in [0.25, 0.3) is 0 Å². The Kier molecular flexibility index (Phi) is 8.43. The molecule has 0 radical (unpaired) electrons. The predicted molar refractivity (Wildman–Crippen MR) is 110 cm³/mol. The summed E-state index contributed by atoms with van der Waals surface area (Å²) in [5, 5.41) is 6.78. The normalized spacial score (nSPS) is 17.3. The van der Waals surface area contributed by atoms with Crippen molar-refractivity contribution in [1.82, 2.24) is 15.5 Å². The van der Waals surface area contributed by atoms with E-state index in [-0.39, 0.29) is 17.9 Å². The molecule has 1 amide bonds. The lowest BCUT2D eigenvalue weighted by atomic mass is 10.2. The number of ether oxygens (including phenoxy) is 1. The van der Waals surface area contributed by atoms with Crippen LogP contribution in [0.15, 0.2) is 29.3 Å². The second-order valence-electron chi connectivity index (χ2n) is 7.34. The summed E-state index contributed by atoms with van der Waals surface area (Å²) in [5.41, 5.74) is 1.15. The van der Waals surface area contributed by atoms with Crippen LogP contribution in [0.1, 0.15) is 45.6 Å². The number of hydrogen-bond acceptors (Lipinski definition) is 3. The van der Waals surface area contributed by atoms with Crippen molar-refractivity contribution in [3.63, 3.8) is 0 Å². The highest BCUT2D eigenvalue weighted by Crippen LogP contribution is 2.14. The molecular formula is C21H34N4O2. The molecule has 1 unspecified atom stereocenters. The maximum atomic E-state index is 12.1. The summed E-state index contributed by atoms with van der Waals surface area (Å²) >= 11 is 0. The first-order chi connectivity index (χ1) is 13.0. The summed E-state index contributed by atoms with van der Waals surface area (Å²) < 4.78 is 5.77. The number of benzene rings is 1. The third-order valence-corrected chi connectivity index (χ3v) is 4.68. The SMILES string of the molecule is CCCCOc1cccc(CNC(=NC)NC2CCN(C(=O)C(C)C)C2)c1. The molecule has 1 aliphatic rings. The Bertz CT molecular complexity index is 630. The van der Waals surface area contributed by atoms with Crippen LogP contribution < -0.4 is 15.4 Å². The van der Waals surface area contributed by atoms with E-state index in [0.29, 0.717) is 6.54 Å². The summed E-state index contributed by atoms with van der Waals surface area (Å²) in [7, 11) is 1.77.